The van der Waals surface area contributed by atoms with E-state index < -0.39 is 35.6 Å². The molecule has 0 aromatic heterocycles. The molecule has 1 aliphatic heterocycles. The van der Waals surface area contributed by atoms with E-state index in [9.17, 15) is 19.2 Å². The highest BCUT2D eigenvalue weighted by molar-refractivity contribution is 6.23. The summed E-state index contributed by atoms with van der Waals surface area (Å²) in [7, 11) is 1.46. The van der Waals surface area contributed by atoms with Crippen LogP contribution in [0, 0.1) is 12.8 Å². The molecule has 8 heteroatoms. The fraction of sp³-hybridized carbons (Fsp3) is 0.360. The van der Waals surface area contributed by atoms with Crippen LogP contribution >= 0.6 is 0 Å². The molecule has 1 unspecified atom stereocenters. The number of carbonyl (C=O) groups excluding carboxylic acids is 4. The van der Waals surface area contributed by atoms with E-state index in [1.54, 1.807) is 42.5 Å². The summed E-state index contributed by atoms with van der Waals surface area (Å²) >= 11 is 0. The van der Waals surface area contributed by atoms with Crippen molar-refractivity contribution in [2.45, 2.75) is 46.1 Å². The molecule has 174 valence electrons. The molecule has 0 aliphatic carbocycles. The van der Waals surface area contributed by atoms with E-state index in [-0.39, 0.29) is 6.42 Å². The fourth-order valence-corrected chi connectivity index (χ4v) is 3.93. The highest BCUT2D eigenvalue weighted by Crippen LogP contribution is 2.34. The molecule has 8 nitrogen and oxygen atoms in total. The molecule has 3 rings (SSSR count). The van der Waals surface area contributed by atoms with Crippen LogP contribution in [0.2, 0.25) is 0 Å². The molecule has 0 radical (unpaired) electrons. The first kappa shape index (κ1) is 24.0. The summed E-state index contributed by atoms with van der Waals surface area (Å²) in [6, 6.07) is 12.4. The van der Waals surface area contributed by atoms with Crippen LogP contribution in [0.3, 0.4) is 0 Å². The lowest BCUT2D eigenvalue weighted by atomic mass is 10.0. The van der Waals surface area contributed by atoms with Gasteiger partial charge in [0.2, 0.25) is 11.8 Å². The maximum Gasteiger partial charge on any atom is 0.269 e. The third-order valence-corrected chi connectivity index (χ3v) is 5.84. The molecule has 1 aliphatic rings. The Labute approximate surface area is 193 Å². The van der Waals surface area contributed by atoms with Crippen molar-refractivity contribution >= 4 is 29.3 Å². The zero-order chi connectivity index (χ0) is 24.1. The first-order valence-electron chi connectivity index (χ1n) is 11.0. The van der Waals surface area contributed by atoms with Crippen LogP contribution in [0.1, 0.15) is 49.0 Å². The van der Waals surface area contributed by atoms with Gasteiger partial charge in [0.05, 0.1) is 19.2 Å². The number of benzene rings is 2. The van der Waals surface area contributed by atoms with Crippen LogP contribution in [-0.2, 0) is 14.4 Å². The van der Waals surface area contributed by atoms with Gasteiger partial charge in [-0.25, -0.2) is 9.91 Å². The molecule has 1 heterocycles. The summed E-state index contributed by atoms with van der Waals surface area (Å²) in [6.07, 6.45) is 0.839. The van der Waals surface area contributed by atoms with Gasteiger partial charge in [0.25, 0.3) is 11.8 Å². The first-order chi connectivity index (χ1) is 15.8. The summed E-state index contributed by atoms with van der Waals surface area (Å²) in [6.45, 7) is 5.58. The topological polar surface area (TPSA) is 96.0 Å². The standard InChI is InChI=1S/C25H29N3O5/c1-5-17(6-2)24(31)28(26-23(30)18-10-8-7-9-11-18)20-15-22(29)27(25(20)32)19-14-16(3)12-13-21(19)33-4/h7-14,17,20H,5-6,15H2,1-4H3,(H,26,30). The highest BCUT2D eigenvalue weighted by atomic mass is 16.5. The van der Waals surface area contributed by atoms with Gasteiger partial charge in [0.1, 0.15) is 11.8 Å². The van der Waals surface area contributed by atoms with E-state index in [1.807, 2.05) is 26.8 Å². The molecular formula is C25H29N3O5. The summed E-state index contributed by atoms with van der Waals surface area (Å²) in [5.74, 6) is -2.00. The molecule has 0 saturated carbocycles. The van der Waals surface area contributed by atoms with Gasteiger partial charge in [-0.15, -0.1) is 0 Å². The van der Waals surface area contributed by atoms with Gasteiger partial charge in [-0.1, -0.05) is 38.1 Å². The molecule has 33 heavy (non-hydrogen) atoms. The zero-order valence-corrected chi connectivity index (χ0v) is 19.3. The number of aryl methyl sites for hydroxylation is 1. The quantitative estimate of drug-likeness (QED) is 0.515. The summed E-state index contributed by atoms with van der Waals surface area (Å²) < 4.78 is 5.35. The van der Waals surface area contributed by atoms with Crippen LogP contribution in [0.5, 0.6) is 5.75 Å². The molecule has 1 N–H and O–H groups in total. The van der Waals surface area contributed by atoms with Gasteiger partial charge in [-0.3, -0.25) is 24.6 Å². The maximum atomic E-state index is 13.5. The number of nitrogens with one attached hydrogen (secondary N) is 1. The minimum absolute atomic E-state index is 0.239. The van der Waals surface area contributed by atoms with Gasteiger partial charge in [0.15, 0.2) is 0 Å². The average Bonchev–Trinajstić information content (AvgIpc) is 3.11. The van der Waals surface area contributed by atoms with E-state index >= 15 is 0 Å². The zero-order valence-electron chi connectivity index (χ0n) is 19.3. The Kier molecular flexibility index (Phi) is 7.48. The molecule has 4 amide bonds. The number of methoxy groups -OCH3 is 1. The van der Waals surface area contributed by atoms with Gasteiger partial charge < -0.3 is 4.74 Å². The number of rotatable bonds is 7. The van der Waals surface area contributed by atoms with Gasteiger partial charge in [0, 0.05) is 11.5 Å². The number of ether oxygens (including phenoxy) is 1. The lowest BCUT2D eigenvalue weighted by Gasteiger charge is -2.30. The van der Waals surface area contributed by atoms with E-state index in [0.29, 0.717) is 29.8 Å². The largest absolute Gasteiger partial charge is 0.495 e. The van der Waals surface area contributed by atoms with E-state index in [2.05, 4.69) is 5.43 Å². The van der Waals surface area contributed by atoms with E-state index in [0.717, 1.165) is 15.5 Å². The van der Waals surface area contributed by atoms with Gasteiger partial charge in [-0.05, 0) is 49.6 Å². The second-order valence-electron chi connectivity index (χ2n) is 7.99. The Bertz CT molecular complexity index is 1050. The Morgan fingerprint density at radius 3 is 2.39 bits per heavy atom. The van der Waals surface area contributed by atoms with Crippen molar-refractivity contribution in [3.63, 3.8) is 0 Å². The Morgan fingerprint density at radius 2 is 1.79 bits per heavy atom. The van der Waals surface area contributed by atoms with Crippen molar-refractivity contribution in [1.29, 1.82) is 0 Å². The molecular weight excluding hydrogens is 422 g/mol. The Balaban J connectivity index is 1.97. The monoisotopic (exact) mass is 451 g/mol. The second-order valence-corrected chi connectivity index (χ2v) is 7.99. The summed E-state index contributed by atoms with van der Waals surface area (Å²) in [5.41, 5.74) is 4.11. The Hall–Kier alpha value is -3.68. The molecule has 0 spiro atoms. The predicted molar refractivity (Wildman–Crippen MR) is 123 cm³/mol. The van der Waals surface area contributed by atoms with Crippen LogP contribution in [0.15, 0.2) is 48.5 Å². The summed E-state index contributed by atoms with van der Waals surface area (Å²) in [4.78, 5) is 53.7. The van der Waals surface area contributed by atoms with Crippen molar-refractivity contribution in [2.24, 2.45) is 5.92 Å². The van der Waals surface area contributed by atoms with Crippen molar-refractivity contribution < 1.29 is 23.9 Å². The number of amides is 4. The fourth-order valence-electron chi connectivity index (χ4n) is 3.93. The number of carbonyl (C=O) groups is 4. The number of imide groups is 1. The van der Waals surface area contributed by atoms with Crippen molar-refractivity contribution in [3.05, 3.63) is 59.7 Å². The first-order valence-corrected chi connectivity index (χ1v) is 11.0. The SMILES string of the molecule is CCC(CC)C(=O)N(NC(=O)c1ccccc1)C1CC(=O)N(c2cc(C)ccc2OC)C1=O. The summed E-state index contributed by atoms with van der Waals surface area (Å²) in [5, 5.41) is 1.05. The van der Waals surface area contributed by atoms with Gasteiger partial charge >= 0.3 is 0 Å². The number of hydrogen-bond donors (Lipinski definition) is 1. The maximum absolute atomic E-state index is 13.5. The van der Waals surface area contributed by atoms with Crippen LogP contribution in [0.4, 0.5) is 5.69 Å². The molecule has 1 fully saturated rings. The highest BCUT2D eigenvalue weighted by Gasteiger charge is 2.46. The molecule has 2 aromatic carbocycles. The average molecular weight is 452 g/mol. The second kappa shape index (κ2) is 10.3. The number of nitrogens with zero attached hydrogens (tertiary/aromatic N) is 2. The number of hydrogen-bond acceptors (Lipinski definition) is 5. The lowest BCUT2D eigenvalue weighted by Crippen LogP contribution is -2.56. The van der Waals surface area contributed by atoms with Crippen molar-refractivity contribution in [2.75, 3.05) is 12.0 Å². The molecule has 1 atom stereocenters. The number of hydrazine groups is 1. The molecule has 1 saturated heterocycles. The minimum Gasteiger partial charge on any atom is -0.495 e. The van der Waals surface area contributed by atoms with Crippen molar-refractivity contribution in [1.82, 2.24) is 10.4 Å². The molecule has 0 bridgehead atoms. The van der Waals surface area contributed by atoms with Crippen LogP contribution in [-0.4, -0.2) is 41.8 Å². The normalized spacial score (nSPS) is 15.7. The van der Waals surface area contributed by atoms with Crippen molar-refractivity contribution in [3.8, 4) is 5.75 Å². The predicted octanol–water partition coefficient (Wildman–Crippen LogP) is 3.25. The van der Waals surface area contributed by atoms with Crippen LogP contribution < -0.4 is 15.1 Å². The van der Waals surface area contributed by atoms with E-state index in [4.69, 9.17) is 4.74 Å². The third kappa shape index (κ3) is 4.89. The lowest BCUT2D eigenvalue weighted by molar-refractivity contribution is -0.145. The van der Waals surface area contributed by atoms with Gasteiger partial charge in [-0.2, -0.15) is 0 Å². The van der Waals surface area contributed by atoms with E-state index in [1.165, 1.54) is 7.11 Å². The molecule has 2 aromatic rings. The van der Waals surface area contributed by atoms with Crippen LogP contribution in [0.25, 0.3) is 0 Å². The Morgan fingerprint density at radius 1 is 1.12 bits per heavy atom. The smallest absolute Gasteiger partial charge is 0.269 e. The minimum atomic E-state index is -1.15. The number of anilines is 1. The third-order valence-electron chi connectivity index (χ3n) is 5.84.